The van der Waals surface area contributed by atoms with Gasteiger partial charge in [-0.1, -0.05) is 0 Å². The van der Waals surface area contributed by atoms with Crippen LogP contribution in [0.5, 0.6) is 0 Å². The number of thiazole rings is 1. The maximum absolute atomic E-state index is 12.5. The summed E-state index contributed by atoms with van der Waals surface area (Å²) >= 11 is 1.61. The molecule has 0 spiro atoms. The zero-order valence-corrected chi connectivity index (χ0v) is 14.7. The maximum Gasteiger partial charge on any atom is 0.321 e. The van der Waals surface area contributed by atoms with Crippen molar-refractivity contribution in [3.8, 4) is 10.6 Å². The third-order valence-corrected chi connectivity index (χ3v) is 5.44. The molecule has 0 radical (unpaired) electrons. The molecule has 5 nitrogen and oxygen atoms in total. The standard InChI is InChI=1S/C19H20N4OS/c24-19(23-12-7-17(8-13-23)22-10-1-2-11-22)21-16-5-3-15(4-6-16)18-20-9-14-25-18/h1-6,9-11,14,17H,7-8,12-13H2,(H,21,24). The van der Waals surface area contributed by atoms with E-state index < -0.39 is 0 Å². The fraction of sp³-hybridized carbons (Fsp3) is 0.263. The van der Waals surface area contributed by atoms with Crippen molar-refractivity contribution in [2.24, 2.45) is 0 Å². The second-order valence-corrected chi connectivity index (χ2v) is 7.09. The van der Waals surface area contributed by atoms with Gasteiger partial charge in [0.1, 0.15) is 5.01 Å². The van der Waals surface area contributed by atoms with Gasteiger partial charge < -0.3 is 14.8 Å². The van der Waals surface area contributed by atoms with Crippen molar-refractivity contribution in [3.63, 3.8) is 0 Å². The van der Waals surface area contributed by atoms with E-state index in [0.29, 0.717) is 6.04 Å². The van der Waals surface area contributed by atoms with Crippen LogP contribution in [-0.4, -0.2) is 33.6 Å². The van der Waals surface area contributed by atoms with Crippen LogP contribution in [0.15, 0.2) is 60.4 Å². The first-order valence-electron chi connectivity index (χ1n) is 8.48. The summed E-state index contributed by atoms with van der Waals surface area (Å²) in [5.41, 5.74) is 1.89. The van der Waals surface area contributed by atoms with Gasteiger partial charge in [-0.05, 0) is 49.2 Å². The number of carbonyl (C=O) groups excluding carboxylic acids is 1. The van der Waals surface area contributed by atoms with Crippen LogP contribution in [0.2, 0.25) is 0 Å². The van der Waals surface area contributed by atoms with Crippen LogP contribution in [0.3, 0.4) is 0 Å². The van der Waals surface area contributed by atoms with E-state index in [0.717, 1.165) is 42.2 Å². The summed E-state index contributed by atoms with van der Waals surface area (Å²) in [6.45, 7) is 1.57. The average molecular weight is 352 g/mol. The van der Waals surface area contributed by atoms with Gasteiger partial charge in [-0.2, -0.15) is 0 Å². The van der Waals surface area contributed by atoms with Crippen molar-refractivity contribution in [1.29, 1.82) is 0 Å². The first-order chi connectivity index (χ1) is 12.3. The fourth-order valence-electron chi connectivity index (χ4n) is 3.22. The molecule has 0 bridgehead atoms. The Labute approximate surface area is 150 Å². The lowest BCUT2D eigenvalue weighted by Crippen LogP contribution is -2.41. The molecule has 6 heteroatoms. The molecule has 1 aromatic carbocycles. The van der Waals surface area contributed by atoms with Crippen molar-refractivity contribution in [2.75, 3.05) is 18.4 Å². The molecule has 0 aliphatic carbocycles. The smallest absolute Gasteiger partial charge is 0.321 e. The Hall–Kier alpha value is -2.60. The molecule has 1 aliphatic heterocycles. The van der Waals surface area contributed by atoms with Crippen molar-refractivity contribution in [2.45, 2.75) is 18.9 Å². The van der Waals surface area contributed by atoms with E-state index in [4.69, 9.17) is 0 Å². The lowest BCUT2D eigenvalue weighted by atomic mass is 10.1. The largest absolute Gasteiger partial charge is 0.351 e. The lowest BCUT2D eigenvalue weighted by Gasteiger charge is -2.32. The number of urea groups is 1. The van der Waals surface area contributed by atoms with Crippen LogP contribution < -0.4 is 5.32 Å². The molecule has 1 fully saturated rings. The Morgan fingerprint density at radius 2 is 1.84 bits per heavy atom. The SMILES string of the molecule is O=C(Nc1ccc(-c2nccs2)cc1)N1CCC(n2cccc2)CC1. The molecule has 1 aliphatic rings. The quantitative estimate of drug-likeness (QED) is 0.755. The summed E-state index contributed by atoms with van der Waals surface area (Å²) < 4.78 is 2.24. The predicted molar refractivity (Wildman–Crippen MR) is 101 cm³/mol. The maximum atomic E-state index is 12.5. The van der Waals surface area contributed by atoms with E-state index in [1.807, 2.05) is 34.5 Å². The zero-order valence-electron chi connectivity index (χ0n) is 13.8. The molecule has 3 heterocycles. The van der Waals surface area contributed by atoms with Gasteiger partial charge in [0.15, 0.2) is 0 Å². The molecule has 1 N–H and O–H groups in total. The molecule has 2 amide bonds. The number of likely N-dealkylation sites (tertiary alicyclic amines) is 1. The van der Waals surface area contributed by atoms with Crippen molar-refractivity contribution < 1.29 is 4.79 Å². The highest BCUT2D eigenvalue weighted by Gasteiger charge is 2.23. The highest BCUT2D eigenvalue weighted by atomic mass is 32.1. The van der Waals surface area contributed by atoms with E-state index in [1.54, 1.807) is 17.5 Å². The van der Waals surface area contributed by atoms with Gasteiger partial charge >= 0.3 is 6.03 Å². The number of hydrogen-bond acceptors (Lipinski definition) is 3. The van der Waals surface area contributed by atoms with Gasteiger partial charge in [-0.25, -0.2) is 9.78 Å². The second kappa shape index (κ2) is 7.11. The third-order valence-electron chi connectivity index (χ3n) is 4.62. The van der Waals surface area contributed by atoms with E-state index in [-0.39, 0.29) is 6.03 Å². The van der Waals surface area contributed by atoms with Gasteiger partial charge in [0.25, 0.3) is 0 Å². The number of aromatic nitrogens is 2. The number of amides is 2. The van der Waals surface area contributed by atoms with Crippen molar-refractivity contribution >= 4 is 23.1 Å². The average Bonchev–Trinajstić information content (AvgIpc) is 3.36. The van der Waals surface area contributed by atoms with Gasteiger partial charge in [0.05, 0.1) is 0 Å². The number of nitrogens with one attached hydrogen (secondary N) is 1. The summed E-state index contributed by atoms with van der Waals surface area (Å²) in [7, 11) is 0. The Balaban J connectivity index is 1.33. The molecule has 0 saturated carbocycles. The number of rotatable bonds is 3. The molecule has 2 aromatic heterocycles. The van der Waals surface area contributed by atoms with Crippen LogP contribution in [-0.2, 0) is 0 Å². The van der Waals surface area contributed by atoms with Crippen LogP contribution in [0.1, 0.15) is 18.9 Å². The first-order valence-corrected chi connectivity index (χ1v) is 9.36. The normalized spacial score (nSPS) is 15.3. The number of hydrogen-bond donors (Lipinski definition) is 1. The minimum Gasteiger partial charge on any atom is -0.351 e. The van der Waals surface area contributed by atoms with Crippen LogP contribution in [0.4, 0.5) is 10.5 Å². The number of nitrogens with zero attached hydrogens (tertiary/aromatic N) is 3. The molecule has 25 heavy (non-hydrogen) atoms. The van der Waals surface area contributed by atoms with E-state index >= 15 is 0 Å². The molecular formula is C19H20N4OS. The van der Waals surface area contributed by atoms with Crippen LogP contribution >= 0.6 is 11.3 Å². The van der Waals surface area contributed by atoms with Gasteiger partial charge in [-0.15, -0.1) is 11.3 Å². The fourth-order valence-corrected chi connectivity index (χ4v) is 3.87. The summed E-state index contributed by atoms with van der Waals surface area (Å²) in [4.78, 5) is 18.7. The summed E-state index contributed by atoms with van der Waals surface area (Å²) in [5, 5.41) is 5.95. The number of benzene rings is 1. The highest BCUT2D eigenvalue weighted by Crippen LogP contribution is 2.25. The minimum absolute atomic E-state index is 0.0204. The molecule has 128 valence electrons. The number of anilines is 1. The Bertz CT molecular complexity index is 804. The summed E-state index contributed by atoms with van der Waals surface area (Å²) in [5.74, 6) is 0. The van der Waals surface area contributed by atoms with Gasteiger partial charge in [-0.3, -0.25) is 0 Å². The lowest BCUT2D eigenvalue weighted by molar-refractivity contribution is 0.184. The van der Waals surface area contributed by atoms with E-state index in [1.165, 1.54) is 0 Å². The van der Waals surface area contributed by atoms with E-state index in [9.17, 15) is 4.79 Å². The summed E-state index contributed by atoms with van der Waals surface area (Å²) in [6.07, 6.45) is 7.98. The van der Waals surface area contributed by atoms with Crippen LogP contribution in [0.25, 0.3) is 10.6 Å². The Morgan fingerprint density at radius 3 is 2.48 bits per heavy atom. The summed E-state index contributed by atoms with van der Waals surface area (Å²) in [6, 6.07) is 12.4. The Kier molecular flexibility index (Phi) is 4.52. The van der Waals surface area contributed by atoms with Gasteiger partial charge in [0, 0.05) is 54.4 Å². The molecule has 1 saturated heterocycles. The molecule has 0 unspecified atom stereocenters. The molecule has 3 aromatic rings. The predicted octanol–water partition coefficient (Wildman–Crippen LogP) is 4.48. The Morgan fingerprint density at radius 1 is 1.12 bits per heavy atom. The monoisotopic (exact) mass is 352 g/mol. The van der Waals surface area contributed by atoms with Crippen molar-refractivity contribution in [3.05, 3.63) is 60.4 Å². The minimum atomic E-state index is -0.0204. The molecular weight excluding hydrogens is 332 g/mol. The van der Waals surface area contributed by atoms with E-state index in [2.05, 4.69) is 39.4 Å². The topological polar surface area (TPSA) is 50.2 Å². The molecule has 4 rings (SSSR count). The van der Waals surface area contributed by atoms with Gasteiger partial charge in [0.2, 0.25) is 0 Å². The zero-order chi connectivity index (χ0) is 17.1. The number of carbonyl (C=O) groups is 1. The molecule has 0 atom stereocenters. The van der Waals surface area contributed by atoms with Crippen molar-refractivity contribution in [1.82, 2.24) is 14.5 Å². The second-order valence-electron chi connectivity index (χ2n) is 6.19. The highest BCUT2D eigenvalue weighted by molar-refractivity contribution is 7.13. The first kappa shape index (κ1) is 15.9. The third kappa shape index (κ3) is 3.58. The van der Waals surface area contributed by atoms with Crippen LogP contribution in [0, 0.1) is 0 Å². The number of piperidine rings is 1.